The fraction of sp³-hybridized carbons (Fsp3) is 0.280. The third-order valence-electron chi connectivity index (χ3n) is 5.65. The number of carbonyl (C=O) groups excluding carboxylic acids is 3. The van der Waals surface area contributed by atoms with Crippen LogP contribution in [0.2, 0.25) is 0 Å². The van der Waals surface area contributed by atoms with Gasteiger partial charge in [-0.1, -0.05) is 36.4 Å². The molecule has 8 nitrogen and oxygen atoms in total. The van der Waals surface area contributed by atoms with E-state index in [0.717, 1.165) is 22.3 Å². The van der Waals surface area contributed by atoms with E-state index in [4.69, 9.17) is 0 Å². The lowest BCUT2D eigenvalue weighted by molar-refractivity contribution is -0.138. The van der Waals surface area contributed by atoms with Crippen molar-refractivity contribution in [2.75, 3.05) is 7.05 Å². The number of carboxylic acid groups (broad SMARTS) is 1. The first kappa shape index (κ1) is 23.7. The minimum Gasteiger partial charge on any atom is -0.481 e. The van der Waals surface area contributed by atoms with Crippen molar-refractivity contribution < 1.29 is 24.3 Å². The summed E-state index contributed by atoms with van der Waals surface area (Å²) in [6.07, 6.45) is 1.04. The molecule has 2 atom stereocenters. The van der Waals surface area contributed by atoms with Crippen molar-refractivity contribution in [3.8, 4) is 11.1 Å². The number of nitrogens with one attached hydrogen (secondary N) is 2. The first-order valence-corrected chi connectivity index (χ1v) is 10.5. The highest BCUT2D eigenvalue weighted by molar-refractivity contribution is 6.16. The number of amides is 3. The molecule has 3 rings (SSSR count). The van der Waals surface area contributed by atoms with E-state index in [9.17, 15) is 24.3 Å². The summed E-state index contributed by atoms with van der Waals surface area (Å²) in [7, 11) is 1.50. The van der Waals surface area contributed by atoms with Crippen LogP contribution in [0.15, 0.2) is 54.2 Å². The second-order valence-electron chi connectivity index (χ2n) is 8.22. The summed E-state index contributed by atoms with van der Waals surface area (Å²) in [6.45, 7) is 5.56. The number of benzene rings is 2. The van der Waals surface area contributed by atoms with Crippen LogP contribution in [0.4, 0.5) is 4.79 Å². The number of aliphatic carboxylic acids is 1. The van der Waals surface area contributed by atoms with E-state index in [1.54, 1.807) is 13.0 Å². The van der Waals surface area contributed by atoms with Crippen LogP contribution < -0.4 is 10.6 Å². The Morgan fingerprint density at radius 3 is 2.33 bits per heavy atom. The van der Waals surface area contributed by atoms with E-state index in [-0.39, 0.29) is 6.42 Å². The summed E-state index contributed by atoms with van der Waals surface area (Å²) in [5.41, 5.74) is 5.04. The number of likely N-dealkylation sites (N-methyl/N-ethyl adjacent to an activating group) is 1. The molecule has 2 aromatic carbocycles. The zero-order valence-corrected chi connectivity index (χ0v) is 19.0. The van der Waals surface area contributed by atoms with Gasteiger partial charge in [0.2, 0.25) is 0 Å². The molecule has 172 valence electrons. The van der Waals surface area contributed by atoms with Crippen LogP contribution in [-0.2, 0) is 14.4 Å². The average Bonchev–Trinajstić information content (AvgIpc) is 2.75. The fourth-order valence-corrected chi connectivity index (χ4v) is 4.03. The van der Waals surface area contributed by atoms with Crippen molar-refractivity contribution >= 4 is 23.7 Å². The molecule has 0 bridgehead atoms. The van der Waals surface area contributed by atoms with Gasteiger partial charge in [-0.2, -0.15) is 0 Å². The summed E-state index contributed by atoms with van der Waals surface area (Å²) in [6, 6.07) is 10.3. The van der Waals surface area contributed by atoms with Crippen LogP contribution in [0.1, 0.15) is 36.1 Å². The molecule has 8 heteroatoms. The monoisotopic (exact) mass is 449 g/mol. The third-order valence-corrected chi connectivity index (χ3v) is 5.65. The van der Waals surface area contributed by atoms with Gasteiger partial charge in [0.05, 0.1) is 12.5 Å². The molecule has 0 saturated heterocycles. The Bertz CT molecular complexity index is 1130. The van der Waals surface area contributed by atoms with Crippen molar-refractivity contribution in [3.63, 3.8) is 0 Å². The zero-order valence-electron chi connectivity index (χ0n) is 19.0. The lowest BCUT2D eigenvalue weighted by Gasteiger charge is -2.27. The Morgan fingerprint density at radius 1 is 1.06 bits per heavy atom. The molecule has 0 fully saturated rings. The molecule has 0 aliphatic carbocycles. The summed E-state index contributed by atoms with van der Waals surface area (Å²) < 4.78 is 0. The highest BCUT2D eigenvalue weighted by Crippen LogP contribution is 2.30. The molecule has 1 heterocycles. The second-order valence-corrected chi connectivity index (χ2v) is 8.22. The van der Waals surface area contributed by atoms with Crippen molar-refractivity contribution in [1.82, 2.24) is 15.5 Å². The van der Waals surface area contributed by atoms with Crippen molar-refractivity contribution in [1.29, 1.82) is 0 Å². The topological polar surface area (TPSA) is 116 Å². The molecule has 3 amide bonds. The predicted octanol–water partition coefficient (Wildman–Crippen LogP) is 3.10. The Labute approximate surface area is 192 Å². The highest BCUT2D eigenvalue weighted by Gasteiger charge is 2.35. The number of aryl methyl sites for hydroxylation is 2. The fourth-order valence-electron chi connectivity index (χ4n) is 4.03. The van der Waals surface area contributed by atoms with Crippen molar-refractivity contribution in [2.24, 2.45) is 0 Å². The van der Waals surface area contributed by atoms with Crippen LogP contribution in [0.3, 0.4) is 0 Å². The van der Waals surface area contributed by atoms with Gasteiger partial charge < -0.3 is 20.6 Å². The Balaban J connectivity index is 1.86. The summed E-state index contributed by atoms with van der Waals surface area (Å²) in [5.74, 6) is -2.16. The second kappa shape index (κ2) is 9.68. The standard InChI is InChI=1S/C25H27N3O5/c1-14-7-5-8-15(2)21(14)18-10-6-9-17(11-18)19(12-20(29)30)26-25(33)27-22-23(31)16(3)13-28(4)24(22)32/h5-11,13,19,22H,12H2,1-4H3,(H,29,30)(H2,26,27,33). The number of hydrogen-bond donors (Lipinski definition) is 3. The molecule has 2 aromatic rings. The minimum absolute atomic E-state index is 0.339. The average molecular weight is 450 g/mol. The molecule has 1 aliphatic rings. The third kappa shape index (κ3) is 5.28. The molecule has 0 radical (unpaired) electrons. The van der Waals surface area contributed by atoms with Crippen LogP contribution >= 0.6 is 0 Å². The van der Waals surface area contributed by atoms with E-state index >= 15 is 0 Å². The van der Waals surface area contributed by atoms with Crippen LogP contribution in [0.5, 0.6) is 0 Å². The van der Waals surface area contributed by atoms with E-state index in [1.165, 1.54) is 18.1 Å². The van der Waals surface area contributed by atoms with Gasteiger partial charge in [-0.15, -0.1) is 0 Å². The first-order chi connectivity index (χ1) is 15.6. The quantitative estimate of drug-likeness (QED) is 0.586. The van der Waals surface area contributed by atoms with E-state index in [1.807, 2.05) is 50.2 Å². The Morgan fingerprint density at radius 2 is 1.70 bits per heavy atom. The molecular weight excluding hydrogens is 422 g/mol. The van der Waals surface area contributed by atoms with Gasteiger partial charge in [-0.3, -0.25) is 14.4 Å². The number of rotatable bonds is 6. The lowest BCUT2D eigenvalue weighted by Crippen LogP contribution is -2.56. The van der Waals surface area contributed by atoms with Gasteiger partial charge in [0.25, 0.3) is 5.91 Å². The zero-order chi connectivity index (χ0) is 24.3. The van der Waals surface area contributed by atoms with Gasteiger partial charge in [0.1, 0.15) is 0 Å². The molecule has 2 unspecified atom stereocenters. The van der Waals surface area contributed by atoms with Crippen molar-refractivity contribution in [3.05, 3.63) is 70.9 Å². The maximum atomic E-state index is 12.7. The Hall–Kier alpha value is -3.94. The first-order valence-electron chi connectivity index (χ1n) is 10.5. The van der Waals surface area contributed by atoms with Gasteiger partial charge >= 0.3 is 12.0 Å². The number of Topliss-reactive ketones (excluding diaryl/α,β-unsaturated/α-hetero) is 1. The summed E-state index contributed by atoms with van der Waals surface area (Å²) in [5, 5.41) is 14.4. The Kier molecular flexibility index (Phi) is 6.96. The van der Waals surface area contributed by atoms with Crippen LogP contribution in [-0.4, -0.2) is 46.8 Å². The molecule has 3 N–H and O–H groups in total. The molecule has 0 aromatic heterocycles. The maximum Gasteiger partial charge on any atom is 0.316 e. The SMILES string of the molecule is CC1=CN(C)C(=O)C(NC(=O)NC(CC(=O)O)c2cccc(-c3c(C)cccc3C)c2)C1=O. The minimum atomic E-state index is -1.36. The van der Waals surface area contributed by atoms with Crippen LogP contribution in [0.25, 0.3) is 11.1 Å². The molecular formula is C25H27N3O5. The van der Waals surface area contributed by atoms with Gasteiger partial charge in [0.15, 0.2) is 11.8 Å². The van der Waals surface area contributed by atoms with E-state index in [0.29, 0.717) is 11.1 Å². The smallest absolute Gasteiger partial charge is 0.316 e. The normalized spacial score (nSPS) is 16.8. The summed E-state index contributed by atoms with van der Waals surface area (Å²) in [4.78, 5) is 50.1. The number of carbonyl (C=O) groups is 4. The van der Waals surface area contributed by atoms with Crippen molar-refractivity contribution in [2.45, 2.75) is 39.3 Å². The van der Waals surface area contributed by atoms with E-state index < -0.39 is 35.8 Å². The number of carboxylic acids is 1. The number of ketones is 1. The lowest BCUT2D eigenvalue weighted by atomic mass is 9.93. The van der Waals surface area contributed by atoms with Gasteiger partial charge in [-0.05, 0) is 54.7 Å². The number of urea groups is 1. The summed E-state index contributed by atoms with van der Waals surface area (Å²) >= 11 is 0. The van der Waals surface area contributed by atoms with Crippen LogP contribution in [0, 0.1) is 13.8 Å². The van der Waals surface area contributed by atoms with Gasteiger partial charge in [0, 0.05) is 18.8 Å². The molecule has 33 heavy (non-hydrogen) atoms. The maximum absolute atomic E-state index is 12.7. The van der Waals surface area contributed by atoms with Gasteiger partial charge in [-0.25, -0.2) is 4.79 Å². The molecule has 1 aliphatic heterocycles. The predicted molar refractivity (Wildman–Crippen MR) is 123 cm³/mol. The van der Waals surface area contributed by atoms with E-state index in [2.05, 4.69) is 10.6 Å². The molecule has 0 saturated carbocycles. The largest absolute Gasteiger partial charge is 0.481 e. The highest BCUT2D eigenvalue weighted by atomic mass is 16.4. The number of hydrogen-bond acceptors (Lipinski definition) is 4. The molecule has 0 spiro atoms. The number of nitrogens with zero attached hydrogens (tertiary/aromatic N) is 1.